The number of rotatable bonds is 2. The van der Waals surface area contributed by atoms with E-state index in [9.17, 15) is 4.79 Å². The van der Waals surface area contributed by atoms with Crippen LogP contribution in [0.1, 0.15) is 17.3 Å². The molecule has 16 heavy (non-hydrogen) atoms. The van der Waals surface area contributed by atoms with Gasteiger partial charge in [0.25, 0.3) is 5.91 Å². The summed E-state index contributed by atoms with van der Waals surface area (Å²) in [6.45, 7) is 3.31. The Kier molecular flexibility index (Phi) is 4.00. The van der Waals surface area contributed by atoms with Crippen LogP contribution in [0.2, 0.25) is 0 Å². The third-order valence-corrected chi connectivity index (χ3v) is 4.11. The summed E-state index contributed by atoms with van der Waals surface area (Å²) in [5, 5.41) is 4.60. The van der Waals surface area contributed by atoms with Crippen LogP contribution >= 0.6 is 27.3 Å². The monoisotopic (exact) mass is 303 g/mol. The number of hydrogen-bond donors (Lipinski definition) is 0. The predicted octanol–water partition coefficient (Wildman–Crippen LogP) is 2.37. The van der Waals surface area contributed by atoms with Gasteiger partial charge in [-0.05, 0) is 18.4 Å². The summed E-state index contributed by atoms with van der Waals surface area (Å²) in [6, 6.07) is 2.03. The number of alkyl halides is 1. The summed E-state index contributed by atoms with van der Waals surface area (Å²) < 4.78 is 5.60. The Bertz CT molecular complexity index is 355. The molecule has 3 nitrogen and oxygen atoms in total. The summed E-state index contributed by atoms with van der Waals surface area (Å²) in [7, 11) is 0. The highest BCUT2D eigenvalue weighted by atomic mass is 79.9. The van der Waals surface area contributed by atoms with Crippen molar-refractivity contribution in [1.82, 2.24) is 4.90 Å². The number of halogens is 1. The van der Waals surface area contributed by atoms with Gasteiger partial charge >= 0.3 is 0 Å². The number of ether oxygens (including phenoxy) is 1. The first-order chi connectivity index (χ1) is 7.72. The van der Waals surface area contributed by atoms with Crippen LogP contribution in [0.4, 0.5) is 0 Å². The molecule has 2 rings (SSSR count). The Morgan fingerprint density at radius 1 is 1.75 bits per heavy atom. The van der Waals surface area contributed by atoms with Gasteiger partial charge in [0.05, 0.1) is 24.3 Å². The van der Waals surface area contributed by atoms with Gasteiger partial charge in [-0.15, -0.1) is 0 Å². The van der Waals surface area contributed by atoms with Crippen molar-refractivity contribution < 1.29 is 9.53 Å². The average molecular weight is 304 g/mol. The molecule has 1 aliphatic rings. The van der Waals surface area contributed by atoms with Crippen molar-refractivity contribution in [3.05, 3.63) is 22.4 Å². The van der Waals surface area contributed by atoms with Crippen LogP contribution in [0, 0.1) is 0 Å². The van der Waals surface area contributed by atoms with Crippen LogP contribution in [0.5, 0.6) is 0 Å². The molecule has 0 aliphatic carbocycles. The summed E-state index contributed by atoms with van der Waals surface area (Å²) in [5.74, 6) is 0.114. The Hall–Kier alpha value is -0.390. The van der Waals surface area contributed by atoms with Crippen molar-refractivity contribution in [2.45, 2.75) is 19.1 Å². The normalized spacial score (nSPS) is 25.8. The summed E-state index contributed by atoms with van der Waals surface area (Å²) in [5.41, 5.74) is 0.784. The number of morpholine rings is 1. The van der Waals surface area contributed by atoms with Crippen LogP contribution < -0.4 is 0 Å². The molecule has 0 N–H and O–H groups in total. The first-order valence-electron chi connectivity index (χ1n) is 5.23. The van der Waals surface area contributed by atoms with Gasteiger partial charge < -0.3 is 9.64 Å². The topological polar surface area (TPSA) is 29.5 Å². The molecule has 88 valence electrons. The largest absolute Gasteiger partial charge is 0.373 e. The van der Waals surface area contributed by atoms with E-state index >= 15 is 0 Å². The van der Waals surface area contributed by atoms with E-state index in [1.54, 1.807) is 11.3 Å². The molecule has 1 aliphatic heterocycles. The maximum Gasteiger partial charge on any atom is 0.255 e. The van der Waals surface area contributed by atoms with Gasteiger partial charge in [-0.25, -0.2) is 0 Å². The van der Waals surface area contributed by atoms with Gasteiger partial charge in [-0.3, -0.25) is 4.79 Å². The maximum atomic E-state index is 12.2. The second kappa shape index (κ2) is 5.29. The van der Waals surface area contributed by atoms with Crippen LogP contribution in [0.15, 0.2) is 16.8 Å². The van der Waals surface area contributed by atoms with E-state index in [1.807, 2.05) is 28.7 Å². The van der Waals surface area contributed by atoms with E-state index in [0.29, 0.717) is 13.2 Å². The van der Waals surface area contributed by atoms with Crippen molar-refractivity contribution >= 4 is 33.2 Å². The van der Waals surface area contributed by atoms with Gasteiger partial charge in [-0.2, -0.15) is 11.3 Å². The maximum absolute atomic E-state index is 12.2. The van der Waals surface area contributed by atoms with Crippen LogP contribution in [0.25, 0.3) is 0 Å². The minimum absolute atomic E-state index is 0.110. The molecule has 2 heterocycles. The molecule has 0 radical (unpaired) electrons. The SMILES string of the molecule is CC1COC(CBr)CN1C(=O)c1ccsc1. The zero-order valence-corrected chi connectivity index (χ0v) is 11.5. The lowest BCUT2D eigenvalue weighted by atomic mass is 10.1. The third kappa shape index (κ3) is 2.47. The van der Waals surface area contributed by atoms with Gasteiger partial charge in [0.1, 0.15) is 0 Å². The van der Waals surface area contributed by atoms with Gasteiger partial charge in [0, 0.05) is 17.3 Å². The van der Waals surface area contributed by atoms with Crippen molar-refractivity contribution in [1.29, 1.82) is 0 Å². The zero-order valence-electron chi connectivity index (χ0n) is 9.06. The highest BCUT2D eigenvalue weighted by Crippen LogP contribution is 2.18. The molecule has 1 aromatic heterocycles. The molecular weight excluding hydrogens is 290 g/mol. The number of carbonyl (C=O) groups excluding carboxylic acids is 1. The fourth-order valence-corrected chi connectivity index (χ4v) is 2.77. The van der Waals surface area contributed by atoms with Crippen molar-refractivity contribution in [3.8, 4) is 0 Å². The Labute approximate surface area is 108 Å². The van der Waals surface area contributed by atoms with E-state index in [0.717, 1.165) is 10.9 Å². The van der Waals surface area contributed by atoms with Crippen molar-refractivity contribution in [2.75, 3.05) is 18.5 Å². The van der Waals surface area contributed by atoms with Crippen LogP contribution in [0.3, 0.4) is 0 Å². The fraction of sp³-hybridized carbons (Fsp3) is 0.545. The summed E-state index contributed by atoms with van der Waals surface area (Å²) in [6.07, 6.45) is 0.110. The van der Waals surface area contributed by atoms with Crippen molar-refractivity contribution in [3.63, 3.8) is 0 Å². The highest BCUT2D eigenvalue weighted by molar-refractivity contribution is 9.09. The van der Waals surface area contributed by atoms with E-state index in [-0.39, 0.29) is 18.1 Å². The Balaban J connectivity index is 2.09. The van der Waals surface area contributed by atoms with Gasteiger partial charge in [-0.1, -0.05) is 15.9 Å². The Morgan fingerprint density at radius 2 is 2.56 bits per heavy atom. The molecule has 0 bridgehead atoms. The second-order valence-corrected chi connectivity index (χ2v) is 5.36. The lowest BCUT2D eigenvalue weighted by molar-refractivity contribution is -0.0361. The van der Waals surface area contributed by atoms with Gasteiger partial charge in [0.2, 0.25) is 0 Å². The van der Waals surface area contributed by atoms with Crippen molar-refractivity contribution in [2.24, 2.45) is 0 Å². The molecule has 1 saturated heterocycles. The Morgan fingerprint density at radius 3 is 3.19 bits per heavy atom. The lowest BCUT2D eigenvalue weighted by Gasteiger charge is -2.37. The van der Waals surface area contributed by atoms with E-state index in [2.05, 4.69) is 15.9 Å². The molecular formula is C11H14BrNO2S. The molecule has 0 aromatic carbocycles. The first kappa shape index (κ1) is 12.1. The molecule has 1 amide bonds. The molecule has 0 spiro atoms. The minimum atomic E-state index is 0.110. The molecule has 1 fully saturated rings. The second-order valence-electron chi connectivity index (χ2n) is 3.93. The average Bonchev–Trinajstić information content (AvgIpc) is 2.82. The minimum Gasteiger partial charge on any atom is -0.373 e. The molecule has 2 atom stereocenters. The lowest BCUT2D eigenvalue weighted by Crippen LogP contribution is -2.51. The number of carbonyl (C=O) groups is 1. The number of hydrogen-bond acceptors (Lipinski definition) is 3. The van der Waals surface area contributed by atoms with Gasteiger partial charge in [0.15, 0.2) is 0 Å². The number of thiophene rings is 1. The standard InChI is InChI=1S/C11H14BrNO2S/c1-8-6-15-10(4-12)5-13(8)11(14)9-2-3-16-7-9/h2-3,7-8,10H,4-6H2,1H3. The fourth-order valence-electron chi connectivity index (χ4n) is 1.75. The first-order valence-corrected chi connectivity index (χ1v) is 7.29. The summed E-state index contributed by atoms with van der Waals surface area (Å²) in [4.78, 5) is 14.1. The number of amides is 1. The van der Waals surface area contributed by atoms with E-state index in [4.69, 9.17) is 4.74 Å². The zero-order chi connectivity index (χ0) is 11.5. The smallest absolute Gasteiger partial charge is 0.255 e. The molecule has 2 unspecified atom stereocenters. The van der Waals surface area contributed by atoms with E-state index in [1.165, 1.54) is 0 Å². The highest BCUT2D eigenvalue weighted by Gasteiger charge is 2.29. The molecule has 5 heteroatoms. The summed E-state index contributed by atoms with van der Waals surface area (Å²) >= 11 is 4.95. The van der Waals surface area contributed by atoms with E-state index < -0.39 is 0 Å². The third-order valence-electron chi connectivity index (χ3n) is 2.71. The van der Waals surface area contributed by atoms with Crippen LogP contribution in [-0.2, 0) is 4.74 Å². The molecule has 1 aromatic rings. The quantitative estimate of drug-likeness (QED) is 0.785. The molecule has 0 saturated carbocycles. The van der Waals surface area contributed by atoms with Crippen LogP contribution in [-0.4, -0.2) is 41.4 Å². The number of nitrogens with zero attached hydrogens (tertiary/aromatic N) is 1. The predicted molar refractivity (Wildman–Crippen MR) is 68.4 cm³/mol.